The molecule has 108 valence electrons. The molecule has 0 unspecified atom stereocenters. The van der Waals surface area contributed by atoms with Crippen molar-refractivity contribution in [1.29, 1.82) is 0 Å². The zero-order chi connectivity index (χ0) is 15.0. The molecule has 0 aliphatic rings. The average molecular weight is 300 g/mol. The zero-order valence-electron chi connectivity index (χ0n) is 11.9. The van der Waals surface area contributed by atoms with Gasteiger partial charge in [-0.05, 0) is 31.2 Å². The third kappa shape index (κ3) is 2.52. The average Bonchev–Trinajstić information content (AvgIpc) is 2.82. The van der Waals surface area contributed by atoms with E-state index in [1.54, 1.807) is 30.3 Å². The molecule has 0 saturated heterocycles. The van der Waals surface area contributed by atoms with Gasteiger partial charge in [0.15, 0.2) is 0 Å². The van der Waals surface area contributed by atoms with Gasteiger partial charge in [-0.2, -0.15) is 0 Å². The van der Waals surface area contributed by atoms with Crippen LogP contribution in [0.1, 0.15) is 5.56 Å². The molecule has 1 N–H and O–H groups in total. The summed E-state index contributed by atoms with van der Waals surface area (Å²) in [6.07, 6.45) is 1.91. The van der Waals surface area contributed by atoms with Crippen LogP contribution in [0.2, 0.25) is 0 Å². The van der Waals surface area contributed by atoms with Crippen LogP contribution < -0.4 is 4.72 Å². The lowest BCUT2D eigenvalue weighted by molar-refractivity contribution is 0.601. The number of hydrogen-bond donors (Lipinski definition) is 1. The minimum Gasteiger partial charge on any atom is -0.349 e. The van der Waals surface area contributed by atoms with Crippen molar-refractivity contribution in [2.75, 3.05) is 4.72 Å². The Bertz CT molecular complexity index is 894. The highest BCUT2D eigenvalue weighted by atomic mass is 32.2. The number of rotatable bonds is 3. The lowest BCUT2D eigenvalue weighted by Gasteiger charge is -2.11. The molecule has 21 heavy (non-hydrogen) atoms. The van der Waals surface area contributed by atoms with E-state index in [-0.39, 0.29) is 4.90 Å². The second-order valence-electron chi connectivity index (χ2n) is 5.09. The van der Waals surface area contributed by atoms with E-state index in [1.807, 2.05) is 42.9 Å². The molecule has 0 bridgehead atoms. The summed E-state index contributed by atoms with van der Waals surface area (Å²) in [5.74, 6) is 0. The monoisotopic (exact) mass is 300 g/mol. The Morgan fingerprint density at radius 1 is 1.00 bits per heavy atom. The molecule has 1 heterocycles. The van der Waals surface area contributed by atoms with Crippen molar-refractivity contribution in [3.05, 3.63) is 60.3 Å². The minimum absolute atomic E-state index is 0.263. The first-order valence-electron chi connectivity index (χ1n) is 6.61. The van der Waals surface area contributed by atoms with Gasteiger partial charge in [0.2, 0.25) is 0 Å². The van der Waals surface area contributed by atoms with Gasteiger partial charge in [-0.1, -0.05) is 29.8 Å². The molecule has 5 heteroatoms. The predicted molar refractivity (Wildman–Crippen MR) is 84.9 cm³/mol. The maximum atomic E-state index is 12.5. The van der Waals surface area contributed by atoms with Crippen LogP contribution in [-0.4, -0.2) is 13.0 Å². The SMILES string of the molecule is Cc1ccc(S(=O)(=O)Nc2cccc3ccn(C)c23)cc1. The molecular formula is C16H16N2O2S. The topological polar surface area (TPSA) is 51.1 Å². The van der Waals surface area contributed by atoms with Gasteiger partial charge in [0, 0.05) is 18.6 Å². The van der Waals surface area contributed by atoms with Crippen LogP contribution in [0.25, 0.3) is 10.9 Å². The molecular weight excluding hydrogens is 284 g/mol. The van der Waals surface area contributed by atoms with Gasteiger partial charge < -0.3 is 4.57 Å². The van der Waals surface area contributed by atoms with Crippen molar-refractivity contribution < 1.29 is 8.42 Å². The van der Waals surface area contributed by atoms with Crippen molar-refractivity contribution in [1.82, 2.24) is 4.57 Å². The fraction of sp³-hybridized carbons (Fsp3) is 0.125. The number of aromatic nitrogens is 1. The molecule has 3 aromatic rings. The quantitative estimate of drug-likeness (QED) is 0.807. The molecule has 0 aliphatic carbocycles. The Balaban J connectivity index is 2.05. The highest BCUT2D eigenvalue weighted by Gasteiger charge is 2.16. The number of anilines is 1. The van der Waals surface area contributed by atoms with Crippen molar-refractivity contribution in [2.24, 2.45) is 7.05 Å². The summed E-state index contributed by atoms with van der Waals surface area (Å²) in [5, 5.41) is 1.00. The summed E-state index contributed by atoms with van der Waals surface area (Å²) in [5.41, 5.74) is 2.48. The van der Waals surface area contributed by atoms with Gasteiger partial charge >= 0.3 is 0 Å². The fourth-order valence-electron chi connectivity index (χ4n) is 2.36. The first-order valence-corrected chi connectivity index (χ1v) is 8.09. The van der Waals surface area contributed by atoms with E-state index in [0.29, 0.717) is 5.69 Å². The van der Waals surface area contributed by atoms with Gasteiger partial charge in [0.05, 0.1) is 16.1 Å². The molecule has 0 atom stereocenters. The lowest BCUT2D eigenvalue weighted by atomic mass is 10.2. The summed E-state index contributed by atoms with van der Waals surface area (Å²) in [7, 11) is -1.68. The minimum atomic E-state index is -3.58. The Kier molecular flexibility index (Phi) is 3.22. The van der Waals surface area contributed by atoms with E-state index in [4.69, 9.17) is 0 Å². The molecule has 0 amide bonds. The van der Waals surface area contributed by atoms with Crippen LogP contribution in [0.5, 0.6) is 0 Å². The number of benzene rings is 2. The Morgan fingerprint density at radius 3 is 2.43 bits per heavy atom. The van der Waals surface area contributed by atoms with Crippen molar-refractivity contribution in [2.45, 2.75) is 11.8 Å². The highest BCUT2D eigenvalue weighted by Crippen LogP contribution is 2.26. The predicted octanol–water partition coefficient (Wildman–Crippen LogP) is 3.29. The van der Waals surface area contributed by atoms with Gasteiger partial charge in [-0.3, -0.25) is 4.72 Å². The molecule has 0 saturated carbocycles. The van der Waals surface area contributed by atoms with E-state index >= 15 is 0 Å². The van der Waals surface area contributed by atoms with Crippen LogP contribution in [0.15, 0.2) is 59.6 Å². The van der Waals surface area contributed by atoms with Crippen LogP contribution in [0.3, 0.4) is 0 Å². The Labute approximate surface area is 124 Å². The molecule has 0 fully saturated rings. The third-order valence-corrected chi connectivity index (χ3v) is 4.85. The molecule has 0 spiro atoms. The number of nitrogens with zero attached hydrogens (tertiary/aromatic N) is 1. The second kappa shape index (κ2) is 4.93. The first kappa shape index (κ1) is 13.7. The summed E-state index contributed by atoms with van der Waals surface area (Å²) in [6.45, 7) is 1.93. The first-order chi connectivity index (χ1) is 9.97. The number of fused-ring (bicyclic) bond motifs is 1. The second-order valence-corrected chi connectivity index (χ2v) is 6.77. The van der Waals surface area contributed by atoms with E-state index in [9.17, 15) is 8.42 Å². The van der Waals surface area contributed by atoms with E-state index in [1.165, 1.54) is 0 Å². The van der Waals surface area contributed by atoms with Crippen LogP contribution in [-0.2, 0) is 17.1 Å². The number of nitrogens with one attached hydrogen (secondary N) is 1. The largest absolute Gasteiger partial charge is 0.349 e. The lowest BCUT2D eigenvalue weighted by Crippen LogP contribution is -2.13. The van der Waals surface area contributed by atoms with Crippen LogP contribution in [0.4, 0.5) is 5.69 Å². The fourth-order valence-corrected chi connectivity index (χ4v) is 3.43. The van der Waals surface area contributed by atoms with Crippen LogP contribution in [0, 0.1) is 6.92 Å². The van der Waals surface area contributed by atoms with Gasteiger partial charge in [-0.25, -0.2) is 8.42 Å². The summed E-state index contributed by atoms with van der Waals surface area (Å²) in [4.78, 5) is 0.263. The van der Waals surface area contributed by atoms with E-state index < -0.39 is 10.0 Å². The number of para-hydroxylation sites is 1. The molecule has 3 rings (SSSR count). The molecule has 4 nitrogen and oxygen atoms in total. The van der Waals surface area contributed by atoms with Gasteiger partial charge in [-0.15, -0.1) is 0 Å². The summed E-state index contributed by atoms with van der Waals surface area (Å²) in [6, 6.07) is 14.3. The molecule has 0 radical (unpaired) electrons. The zero-order valence-corrected chi connectivity index (χ0v) is 12.7. The van der Waals surface area contributed by atoms with E-state index in [2.05, 4.69) is 4.72 Å². The third-order valence-electron chi connectivity index (χ3n) is 3.47. The highest BCUT2D eigenvalue weighted by molar-refractivity contribution is 7.92. The molecule has 0 aliphatic heterocycles. The van der Waals surface area contributed by atoms with E-state index in [0.717, 1.165) is 16.5 Å². The number of sulfonamides is 1. The normalized spacial score (nSPS) is 11.7. The Morgan fingerprint density at radius 2 is 1.71 bits per heavy atom. The summed E-state index contributed by atoms with van der Waals surface area (Å²) < 4.78 is 29.5. The van der Waals surface area contributed by atoms with Gasteiger partial charge in [0.25, 0.3) is 10.0 Å². The van der Waals surface area contributed by atoms with Crippen molar-refractivity contribution in [3.8, 4) is 0 Å². The standard InChI is InChI=1S/C16H16N2O2S/c1-12-6-8-14(9-7-12)21(19,20)17-15-5-3-4-13-10-11-18(2)16(13)15/h3-11,17H,1-2H3. The summed E-state index contributed by atoms with van der Waals surface area (Å²) >= 11 is 0. The van der Waals surface area contributed by atoms with Crippen molar-refractivity contribution >= 4 is 26.6 Å². The number of hydrogen-bond acceptors (Lipinski definition) is 2. The Hall–Kier alpha value is -2.27. The molecule has 1 aromatic heterocycles. The van der Waals surface area contributed by atoms with Crippen molar-refractivity contribution in [3.63, 3.8) is 0 Å². The smallest absolute Gasteiger partial charge is 0.261 e. The van der Waals surface area contributed by atoms with Gasteiger partial charge in [0.1, 0.15) is 0 Å². The molecule has 2 aromatic carbocycles. The maximum Gasteiger partial charge on any atom is 0.261 e. The number of aryl methyl sites for hydroxylation is 2. The van der Waals surface area contributed by atoms with Crippen LogP contribution >= 0.6 is 0 Å². The maximum absolute atomic E-state index is 12.5.